The van der Waals surface area contributed by atoms with E-state index in [1.54, 1.807) is 6.07 Å². The van der Waals surface area contributed by atoms with E-state index in [1.807, 2.05) is 31.2 Å². The topological polar surface area (TPSA) is 75.3 Å². The standard InChI is InChI=1S/C21H19FN2O3S/c1-15-5-7-16(8-6-15)14-23-28(26,27)20-11-9-17(10-12-20)21(25)24-19-4-2-3-18(22)13-19/h2-13,23H,14H2,1H3,(H,24,25). The van der Waals surface area contributed by atoms with E-state index in [1.165, 1.54) is 42.5 Å². The number of anilines is 1. The molecular weight excluding hydrogens is 379 g/mol. The van der Waals surface area contributed by atoms with Crippen molar-refractivity contribution >= 4 is 21.6 Å². The SMILES string of the molecule is Cc1ccc(CNS(=O)(=O)c2ccc(C(=O)Nc3cccc(F)c3)cc2)cc1. The van der Waals surface area contributed by atoms with Crippen LogP contribution in [-0.2, 0) is 16.6 Å². The largest absolute Gasteiger partial charge is 0.322 e. The number of sulfonamides is 1. The first kappa shape index (κ1) is 19.7. The first-order valence-corrected chi connectivity index (χ1v) is 10.0. The van der Waals surface area contributed by atoms with E-state index in [-0.39, 0.29) is 17.0 Å². The van der Waals surface area contributed by atoms with Gasteiger partial charge in [0, 0.05) is 17.8 Å². The van der Waals surface area contributed by atoms with Crippen LogP contribution >= 0.6 is 0 Å². The maximum absolute atomic E-state index is 13.2. The molecule has 0 aliphatic carbocycles. The average Bonchev–Trinajstić information content (AvgIpc) is 2.68. The number of amides is 1. The summed E-state index contributed by atoms with van der Waals surface area (Å²) in [4.78, 5) is 12.3. The second-order valence-electron chi connectivity index (χ2n) is 6.30. The maximum Gasteiger partial charge on any atom is 0.255 e. The lowest BCUT2D eigenvalue weighted by Crippen LogP contribution is -2.23. The molecule has 28 heavy (non-hydrogen) atoms. The summed E-state index contributed by atoms with van der Waals surface area (Å²) < 4.78 is 40.6. The number of rotatable bonds is 6. The fourth-order valence-electron chi connectivity index (χ4n) is 2.52. The Morgan fingerprint density at radius 1 is 0.964 bits per heavy atom. The molecule has 144 valence electrons. The van der Waals surface area contributed by atoms with Crippen LogP contribution in [0.2, 0.25) is 0 Å². The first-order valence-electron chi connectivity index (χ1n) is 8.56. The van der Waals surface area contributed by atoms with E-state index in [2.05, 4.69) is 10.0 Å². The molecule has 0 fully saturated rings. The third-order valence-corrected chi connectivity index (χ3v) is 5.51. The van der Waals surface area contributed by atoms with Gasteiger partial charge in [0.1, 0.15) is 5.82 Å². The summed E-state index contributed by atoms with van der Waals surface area (Å²) in [5.41, 5.74) is 2.53. The van der Waals surface area contributed by atoms with Crippen molar-refractivity contribution in [1.29, 1.82) is 0 Å². The van der Waals surface area contributed by atoms with Gasteiger partial charge in [0.25, 0.3) is 5.91 Å². The number of nitrogens with one attached hydrogen (secondary N) is 2. The third-order valence-electron chi connectivity index (χ3n) is 4.10. The number of halogens is 1. The van der Waals surface area contributed by atoms with E-state index in [0.29, 0.717) is 5.69 Å². The van der Waals surface area contributed by atoms with Gasteiger partial charge < -0.3 is 5.32 Å². The Bertz CT molecular complexity index is 1080. The summed E-state index contributed by atoms with van der Waals surface area (Å²) in [6.07, 6.45) is 0. The minimum Gasteiger partial charge on any atom is -0.322 e. The van der Waals surface area contributed by atoms with Crippen molar-refractivity contribution in [1.82, 2.24) is 4.72 Å². The van der Waals surface area contributed by atoms with E-state index in [9.17, 15) is 17.6 Å². The summed E-state index contributed by atoms with van der Waals surface area (Å²) in [5, 5.41) is 2.56. The lowest BCUT2D eigenvalue weighted by atomic mass is 10.2. The molecule has 3 aromatic rings. The number of hydrogen-bond acceptors (Lipinski definition) is 3. The van der Waals surface area contributed by atoms with Gasteiger partial charge in [-0.05, 0) is 55.0 Å². The number of aryl methyl sites for hydroxylation is 1. The highest BCUT2D eigenvalue weighted by atomic mass is 32.2. The fraction of sp³-hybridized carbons (Fsp3) is 0.0952. The van der Waals surface area contributed by atoms with Crippen molar-refractivity contribution in [2.24, 2.45) is 0 Å². The Hall–Kier alpha value is -3.03. The zero-order chi connectivity index (χ0) is 20.1. The van der Waals surface area contributed by atoms with Crippen molar-refractivity contribution in [2.75, 3.05) is 5.32 Å². The zero-order valence-electron chi connectivity index (χ0n) is 15.1. The van der Waals surface area contributed by atoms with Gasteiger partial charge in [0.05, 0.1) is 4.90 Å². The van der Waals surface area contributed by atoms with E-state index >= 15 is 0 Å². The summed E-state index contributed by atoms with van der Waals surface area (Å²) in [5.74, 6) is -0.916. The Labute approximate surface area is 163 Å². The predicted octanol–water partition coefficient (Wildman–Crippen LogP) is 3.86. The Morgan fingerprint density at radius 2 is 1.64 bits per heavy atom. The van der Waals surface area contributed by atoms with Crippen molar-refractivity contribution < 1.29 is 17.6 Å². The molecule has 0 aliphatic heterocycles. The van der Waals surface area contributed by atoms with Crippen LogP contribution in [0.5, 0.6) is 0 Å². The molecule has 0 saturated carbocycles. The number of benzene rings is 3. The molecule has 0 spiro atoms. The normalized spacial score (nSPS) is 11.2. The fourth-order valence-corrected chi connectivity index (χ4v) is 3.54. The third kappa shape index (κ3) is 5.03. The zero-order valence-corrected chi connectivity index (χ0v) is 16.0. The number of hydrogen-bond donors (Lipinski definition) is 2. The van der Waals surface area contributed by atoms with E-state index in [4.69, 9.17) is 0 Å². The van der Waals surface area contributed by atoms with Crippen LogP contribution in [0.1, 0.15) is 21.5 Å². The van der Waals surface area contributed by atoms with Crippen molar-refractivity contribution in [3.8, 4) is 0 Å². The Kier molecular flexibility index (Phi) is 5.87. The van der Waals surface area contributed by atoms with Gasteiger partial charge in [0.2, 0.25) is 10.0 Å². The average molecular weight is 398 g/mol. The first-order chi connectivity index (χ1) is 13.3. The summed E-state index contributed by atoms with van der Waals surface area (Å²) >= 11 is 0. The van der Waals surface area contributed by atoms with Crippen LogP contribution in [0, 0.1) is 12.7 Å². The number of carbonyl (C=O) groups is 1. The van der Waals surface area contributed by atoms with Gasteiger partial charge in [-0.3, -0.25) is 4.79 Å². The lowest BCUT2D eigenvalue weighted by Gasteiger charge is -2.09. The quantitative estimate of drug-likeness (QED) is 0.662. The molecule has 0 heterocycles. The second kappa shape index (κ2) is 8.33. The molecule has 0 atom stereocenters. The van der Waals surface area contributed by atoms with Crippen molar-refractivity contribution in [2.45, 2.75) is 18.4 Å². The van der Waals surface area contributed by atoms with Crippen LogP contribution < -0.4 is 10.0 Å². The minimum atomic E-state index is -3.71. The summed E-state index contributed by atoms with van der Waals surface area (Å²) in [6, 6.07) is 18.6. The molecule has 0 unspecified atom stereocenters. The smallest absolute Gasteiger partial charge is 0.255 e. The molecule has 0 aromatic heterocycles. The van der Waals surface area contributed by atoms with Gasteiger partial charge in [-0.1, -0.05) is 35.9 Å². The van der Waals surface area contributed by atoms with Crippen LogP contribution in [-0.4, -0.2) is 14.3 Å². The highest BCUT2D eigenvalue weighted by Crippen LogP contribution is 2.14. The van der Waals surface area contributed by atoms with Crippen molar-refractivity contribution in [3.05, 3.63) is 95.3 Å². The molecule has 0 saturated heterocycles. The molecule has 3 aromatic carbocycles. The Morgan fingerprint density at radius 3 is 2.29 bits per heavy atom. The number of carbonyl (C=O) groups excluding carboxylic acids is 1. The highest BCUT2D eigenvalue weighted by molar-refractivity contribution is 7.89. The van der Waals surface area contributed by atoms with Gasteiger partial charge >= 0.3 is 0 Å². The van der Waals surface area contributed by atoms with Crippen LogP contribution in [0.4, 0.5) is 10.1 Å². The molecule has 0 bridgehead atoms. The monoisotopic (exact) mass is 398 g/mol. The maximum atomic E-state index is 13.2. The van der Waals surface area contributed by atoms with Crippen molar-refractivity contribution in [3.63, 3.8) is 0 Å². The van der Waals surface area contributed by atoms with Gasteiger partial charge in [-0.2, -0.15) is 0 Å². The van der Waals surface area contributed by atoms with Gasteiger partial charge in [0.15, 0.2) is 0 Å². The van der Waals surface area contributed by atoms with Crippen LogP contribution in [0.3, 0.4) is 0 Å². The molecule has 0 aliphatic rings. The van der Waals surface area contributed by atoms with E-state index < -0.39 is 21.7 Å². The Balaban J connectivity index is 1.66. The van der Waals surface area contributed by atoms with Gasteiger partial charge in [-0.25, -0.2) is 17.5 Å². The molecule has 7 heteroatoms. The molecule has 2 N–H and O–H groups in total. The molecule has 0 radical (unpaired) electrons. The molecule has 1 amide bonds. The van der Waals surface area contributed by atoms with Crippen LogP contribution in [0.25, 0.3) is 0 Å². The van der Waals surface area contributed by atoms with E-state index in [0.717, 1.165) is 11.1 Å². The molecule has 5 nitrogen and oxygen atoms in total. The lowest BCUT2D eigenvalue weighted by molar-refractivity contribution is 0.102. The highest BCUT2D eigenvalue weighted by Gasteiger charge is 2.15. The van der Waals surface area contributed by atoms with Crippen LogP contribution in [0.15, 0.2) is 77.7 Å². The second-order valence-corrected chi connectivity index (χ2v) is 8.07. The predicted molar refractivity (Wildman–Crippen MR) is 106 cm³/mol. The minimum absolute atomic E-state index is 0.0573. The molecule has 3 rings (SSSR count). The summed E-state index contributed by atoms with van der Waals surface area (Å²) in [7, 11) is -3.71. The van der Waals surface area contributed by atoms with Gasteiger partial charge in [-0.15, -0.1) is 0 Å². The molecular formula is C21H19FN2O3S. The summed E-state index contributed by atoms with van der Waals surface area (Å²) in [6.45, 7) is 2.13.